The fourth-order valence-electron chi connectivity index (χ4n) is 3.39. The number of ether oxygens (including phenoxy) is 2. The van der Waals surface area contributed by atoms with Gasteiger partial charge in [0.25, 0.3) is 5.91 Å². The number of carbonyl (C=O) groups is 5. The molecule has 1 fully saturated rings. The van der Waals surface area contributed by atoms with Crippen LogP contribution in [0.5, 0.6) is 11.5 Å². The molecule has 11 heteroatoms. The van der Waals surface area contributed by atoms with Crippen LogP contribution in [0.25, 0.3) is 0 Å². The van der Waals surface area contributed by atoms with Crippen LogP contribution in [0.3, 0.4) is 0 Å². The van der Waals surface area contributed by atoms with Crippen molar-refractivity contribution in [3.63, 3.8) is 0 Å². The molecule has 0 spiro atoms. The Bertz CT molecular complexity index is 1180. The Hall–Kier alpha value is -4.41. The highest BCUT2D eigenvalue weighted by Gasteiger charge is 2.46. The first-order chi connectivity index (χ1) is 17.3. The number of benzene rings is 2. The molecule has 3 rings (SSSR count). The molecular formula is C25H28N4O7. The van der Waals surface area contributed by atoms with Gasteiger partial charge in [0.05, 0.1) is 18.9 Å². The molecule has 0 aliphatic carbocycles. The van der Waals surface area contributed by atoms with Gasteiger partial charge in [0.1, 0.15) is 6.54 Å². The van der Waals surface area contributed by atoms with Crippen LogP contribution < -0.4 is 25.0 Å². The lowest BCUT2D eigenvalue weighted by Crippen LogP contribution is -2.39. The van der Waals surface area contributed by atoms with E-state index in [1.807, 2.05) is 13.8 Å². The van der Waals surface area contributed by atoms with E-state index >= 15 is 0 Å². The maximum absolute atomic E-state index is 13.0. The SMILES string of the molecule is CCCOc1ccc(N2C(=O)C(=O)N(CC(=O)Nc3cccc(C(=O)NC)c3)C2=O)cc1OCCC. The van der Waals surface area contributed by atoms with E-state index in [2.05, 4.69) is 10.6 Å². The number of rotatable bonds is 11. The van der Waals surface area contributed by atoms with Gasteiger partial charge in [0, 0.05) is 24.4 Å². The summed E-state index contributed by atoms with van der Waals surface area (Å²) in [5, 5.41) is 5.00. The summed E-state index contributed by atoms with van der Waals surface area (Å²) in [4.78, 5) is 63.8. The van der Waals surface area contributed by atoms with Crippen LogP contribution in [0.4, 0.5) is 16.2 Å². The second-order valence-electron chi connectivity index (χ2n) is 7.85. The number of imide groups is 2. The normalized spacial score (nSPS) is 13.1. The molecule has 0 unspecified atom stereocenters. The topological polar surface area (TPSA) is 134 Å². The minimum absolute atomic E-state index is 0.120. The van der Waals surface area contributed by atoms with E-state index in [-0.39, 0.29) is 11.6 Å². The van der Waals surface area contributed by atoms with Crippen molar-refractivity contribution in [1.82, 2.24) is 10.2 Å². The van der Waals surface area contributed by atoms with Crippen molar-refractivity contribution >= 4 is 41.0 Å². The lowest BCUT2D eigenvalue weighted by molar-refractivity contribution is -0.140. The lowest BCUT2D eigenvalue weighted by atomic mass is 10.2. The summed E-state index contributed by atoms with van der Waals surface area (Å²) in [5.41, 5.74) is 0.732. The zero-order valence-electron chi connectivity index (χ0n) is 20.3. The van der Waals surface area contributed by atoms with Gasteiger partial charge in [-0.1, -0.05) is 19.9 Å². The Morgan fingerprint density at radius 2 is 1.58 bits per heavy atom. The van der Waals surface area contributed by atoms with Gasteiger partial charge in [0.15, 0.2) is 11.5 Å². The smallest absolute Gasteiger partial charge is 0.339 e. The summed E-state index contributed by atoms with van der Waals surface area (Å²) >= 11 is 0. The van der Waals surface area contributed by atoms with Gasteiger partial charge in [-0.2, -0.15) is 0 Å². The molecule has 11 nitrogen and oxygen atoms in total. The number of anilines is 2. The summed E-state index contributed by atoms with van der Waals surface area (Å²) in [6.07, 6.45) is 1.51. The van der Waals surface area contributed by atoms with Crippen LogP contribution in [-0.2, 0) is 14.4 Å². The Morgan fingerprint density at radius 1 is 0.889 bits per heavy atom. The molecule has 36 heavy (non-hydrogen) atoms. The van der Waals surface area contributed by atoms with Gasteiger partial charge in [-0.15, -0.1) is 0 Å². The summed E-state index contributed by atoms with van der Waals surface area (Å²) < 4.78 is 11.4. The molecule has 2 aromatic rings. The fourth-order valence-corrected chi connectivity index (χ4v) is 3.39. The maximum Gasteiger partial charge on any atom is 0.339 e. The molecule has 1 aliphatic heterocycles. The Kier molecular flexibility index (Phi) is 8.61. The lowest BCUT2D eigenvalue weighted by Gasteiger charge is -2.18. The first kappa shape index (κ1) is 26.2. The largest absolute Gasteiger partial charge is 0.490 e. The third kappa shape index (κ3) is 5.80. The standard InChI is InChI=1S/C25H28N4O7/c1-4-11-35-19-10-9-18(14-20(19)36-12-5-2)29-24(33)23(32)28(25(29)34)15-21(30)27-17-8-6-7-16(13-17)22(31)26-3/h6-10,13-14H,4-5,11-12,15H2,1-3H3,(H,26,31)(H,27,30). The van der Waals surface area contributed by atoms with E-state index in [0.717, 1.165) is 12.8 Å². The van der Waals surface area contributed by atoms with Crippen molar-refractivity contribution in [2.24, 2.45) is 0 Å². The average Bonchev–Trinajstić information content (AvgIpc) is 3.08. The van der Waals surface area contributed by atoms with Crippen molar-refractivity contribution in [2.75, 3.05) is 37.0 Å². The summed E-state index contributed by atoms with van der Waals surface area (Å²) in [6.45, 7) is 4.05. The molecule has 190 valence electrons. The Balaban J connectivity index is 1.77. The van der Waals surface area contributed by atoms with Crippen LogP contribution in [0, 0.1) is 0 Å². The highest BCUT2D eigenvalue weighted by Crippen LogP contribution is 2.34. The molecular weight excluding hydrogens is 468 g/mol. The molecule has 1 saturated heterocycles. The minimum Gasteiger partial charge on any atom is -0.490 e. The quantitative estimate of drug-likeness (QED) is 0.361. The van der Waals surface area contributed by atoms with E-state index in [4.69, 9.17) is 9.47 Å². The van der Waals surface area contributed by atoms with Crippen LogP contribution in [-0.4, -0.2) is 61.4 Å². The predicted molar refractivity (Wildman–Crippen MR) is 131 cm³/mol. The number of carbonyl (C=O) groups excluding carboxylic acids is 5. The monoisotopic (exact) mass is 496 g/mol. The molecule has 1 aliphatic rings. The molecule has 1 heterocycles. The average molecular weight is 497 g/mol. The first-order valence-corrected chi connectivity index (χ1v) is 11.5. The second-order valence-corrected chi connectivity index (χ2v) is 7.85. The summed E-state index contributed by atoms with van der Waals surface area (Å²) in [5.74, 6) is -2.48. The van der Waals surface area contributed by atoms with E-state index in [9.17, 15) is 24.0 Å². The molecule has 6 amide bonds. The second kappa shape index (κ2) is 11.8. The number of nitrogens with one attached hydrogen (secondary N) is 2. The Labute approximate surface area is 208 Å². The number of urea groups is 1. The van der Waals surface area contributed by atoms with Gasteiger partial charge in [0.2, 0.25) is 5.91 Å². The van der Waals surface area contributed by atoms with Gasteiger partial charge in [-0.25, -0.2) is 14.6 Å². The van der Waals surface area contributed by atoms with Crippen molar-refractivity contribution in [1.29, 1.82) is 0 Å². The van der Waals surface area contributed by atoms with Crippen molar-refractivity contribution in [2.45, 2.75) is 26.7 Å². The molecule has 2 N–H and O–H groups in total. The molecule has 0 saturated carbocycles. The van der Waals surface area contributed by atoms with E-state index < -0.39 is 30.3 Å². The van der Waals surface area contributed by atoms with Gasteiger partial charge < -0.3 is 20.1 Å². The predicted octanol–water partition coefficient (Wildman–Crippen LogP) is 2.56. The van der Waals surface area contributed by atoms with E-state index in [1.165, 1.54) is 25.2 Å². The number of hydrogen-bond acceptors (Lipinski definition) is 7. The third-order valence-corrected chi connectivity index (χ3v) is 5.10. The molecule has 0 aromatic heterocycles. The van der Waals surface area contributed by atoms with Crippen LogP contribution >= 0.6 is 0 Å². The highest BCUT2D eigenvalue weighted by atomic mass is 16.5. The van der Waals surface area contributed by atoms with Gasteiger partial charge >= 0.3 is 17.8 Å². The van der Waals surface area contributed by atoms with E-state index in [1.54, 1.807) is 24.3 Å². The number of amides is 6. The number of nitrogens with zero attached hydrogens (tertiary/aromatic N) is 2. The van der Waals surface area contributed by atoms with E-state index in [0.29, 0.717) is 45.8 Å². The Morgan fingerprint density at radius 3 is 2.25 bits per heavy atom. The summed E-state index contributed by atoms with van der Waals surface area (Å²) in [7, 11) is 1.48. The number of hydrogen-bond donors (Lipinski definition) is 2. The summed E-state index contributed by atoms with van der Waals surface area (Å²) in [6, 6.07) is 9.67. The molecule has 2 aromatic carbocycles. The van der Waals surface area contributed by atoms with Crippen LogP contribution in [0.15, 0.2) is 42.5 Å². The highest BCUT2D eigenvalue weighted by molar-refractivity contribution is 6.53. The zero-order chi connectivity index (χ0) is 26.2. The fraction of sp³-hybridized carbons (Fsp3) is 0.320. The maximum atomic E-state index is 13.0. The van der Waals surface area contributed by atoms with Crippen LogP contribution in [0.2, 0.25) is 0 Å². The minimum atomic E-state index is -1.13. The van der Waals surface area contributed by atoms with Crippen molar-refractivity contribution < 1.29 is 33.4 Å². The molecule has 0 atom stereocenters. The third-order valence-electron chi connectivity index (χ3n) is 5.10. The first-order valence-electron chi connectivity index (χ1n) is 11.5. The van der Waals surface area contributed by atoms with Crippen LogP contribution in [0.1, 0.15) is 37.0 Å². The zero-order valence-corrected chi connectivity index (χ0v) is 20.3. The molecule has 0 radical (unpaired) electrons. The van der Waals surface area contributed by atoms with Gasteiger partial charge in [-0.05, 0) is 43.2 Å². The van der Waals surface area contributed by atoms with Crippen molar-refractivity contribution in [3.8, 4) is 11.5 Å². The van der Waals surface area contributed by atoms with Crippen molar-refractivity contribution in [3.05, 3.63) is 48.0 Å². The van der Waals surface area contributed by atoms with Gasteiger partial charge in [-0.3, -0.25) is 19.2 Å². The molecule has 0 bridgehead atoms.